The average Bonchev–Trinajstić information content (AvgIpc) is 2.48. The van der Waals surface area contributed by atoms with Crippen LogP contribution in [-0.4, -0.2) is 7.11 Å². The van der Waals surface area contributed by atoms with Gasteiger partial charge in [-0.25, -0.2) is 4.39 Å². The molecule has 0 saturated heterocycles. The van der Waals surface area contributed by atoms with Gasteiger partial charge in [0.05, 0.1) is 6.61 Å². The van der Waals surface area contributed by atoms with Crippen LogP contribution < -0.4 is 10.5 Å². The highest BCUT2D eigenvalue weighted by atomic mass is 19.1. The minimum absolute atomic E-state index is 0.141. The van der Waals surface area contributed by atoms with Gasteiger partial charge in [-0.2, -0.15) is 0 Å². The molecule has 2 atom stereocenters. The molecule has 21 heavy (non-hydrogen) atoms. The predicted octanol–water partition coefficient (Wildman–Crippen LogP) is 3.50. The molecule has 1 aliphatic heterocycles. The molecule has 0 aliphatic carbocycles. The van der Waals surface area contributed by atoms with E-state index in [0.29, 0.717) is 18.8 Å². The van der Waals surface area contributed by atoms with Crippen LogP contribution in [0.15, 0.2) is 42.5 Å². The first-order valence-corrected chi connectivity index (χ1v) is 6.97. The predicted molar refractivity (Wildman–Crippen MR) is 78.5 cm³/mol. The summed E-state index contributed by atoms with van der Waals surface area (Å²) in [5.74, 6) is 0.233. The van der Waals surface area contributed by atoms with Crippen LogP contribution in [0, 0.1) is 5.82 Å². The van der Waals surface area contributed by atoms with Crippen LogP contribution in [0.2, 0.25) is 0 Å². The van der Waals surface area contributed by atoms with Crippen molar-refractivity contribution in [1.82, 2.24) is 0 Å². The van der Waals surface area contributed by atoms with Crippen molar-refractivity contribution in [1.29, 1.82) is 0 Å². The number of hydrogen-bond acceptors (Lipinski definition) is 3. The second kappa shape index (κ2) is 5.84. The van der Waals surface area contributed by atoms with E-state index >= 15 is 0 Å². The highest BCUT2D eigenvalue weighted by Gasteiger charge is 2.27. The molecule has 0 spiro atoms. The third-order valence-corrected chi connectivity index (χ3v) is 3.77. The summed E-state index contributed by atoms with van der Waals surface area (Å²) in [5.41, 5.74) is 9.19. The molecule has 0 radical (unpaired) electrons. The number of rotatable bonds is 3. The fourth-order valence-corrected chi connectivity index (χ4v) is 2.67. The van der Waals surface area contributed by atoms with Gasteiger partial charge < -0.3 is 15.2 Å². The van der Waals surface area contributed by atoms with Crippen LogP contribution in [-0.2, 0) is 11.3 Å². The van der Waals surface area contributed by atoms with E-state index in [2.05, 4.69) is 0 Å². The zero-order valence-corrected chi connectivity index (χ0v) is 11.9. The van der Waals surface area contributed by atoms with Crippen LogP contribution in [0.3, 0.4) is 0 Å². The summed E-state index contributed by atoms with van der Waals surface area (Å²) in [7, 11) is 1.67. The van der Waals surface area contributed by atoms with Crippen LogP contribution in [0.1, 0.15) is 35.3 Å². The first-order valence-electron chi connectivity index (χ1n) is 6.97. The van der Waals surface area contributed by atoms with Crippen LogP contribution in [0.25, 0.3) is 0 Å². The van der Waals surface area contributed by atoms with Crippen LogP contribution >= 0.6 is 0 Å². The lowest BCUT2D eigenvalue weighted by molar-refractivity contribution is 0.160. The van der Waals surface area contributed by atoms with E-state index in [4.69, 9.17) is 15.2 Å². The Balaban J connectivity index is 1.84. The molecule has 110 valence electrons. The Labute approximate surface area is 123 Å². The molecule has 2 unspecified atom stereocenters. The molecule has 0 bridgehead atoms. The normalized spacial score (nSPS) is 20.7. The van der Waals surface area contributed by atoms with Crippen LogP contribution in [0.4, 0.5) is 4.39 Å². The molecule has 3 rings (SSSR count). The molecule has 2 N–H and O–H groups in total. The van der Waals surface area contributed by atoms with Gasteiger partial charge in [-0.05, 0) is 17.2 Å². The SMILES string of the molecule is COCc1ccc(C2CC(N)c3ccc(F)cc3O2)cc1. The maximum absolute atomic E-state index is 13.4. The van der Waals surface area contributed by atoms with Gasteiger partial charge >= 0.3 is 0 Å². The summed E-state index contributed by atoms with van der Waals surface area (Å²) in [6.45, 7) is 0.583. The Morgan fingerprint density at radius 2 is 2.00 bits per heavy atom. The number of hydrogen-bond donors (Lipinski definition) is 1. The van der Waals surface area contributed by atoms with Crippen molar-refractivity contribution in [3.8, 4) is 5.75 Å². The molecular weight excluding hydrogens is 269 g/mol. The smallest absolute Gasteiger partial charge is 0.127 e. The minimum Gasteiger partial charge on any atom is -0.485 e. The van der Waals surface area contributed by atoms with E-state index in [-0.39, 0.29) is 18.0 Å². The maximum atomic E-state index is 13.4. The number of benzene rings is 2. The van der Waals surface area contributed by atoms with Crippen molar-refractivity contribution in [3.05, 3.63) is 65.0 Å². The van der Waals surface area contributed by atoms with Gasteiger partial charge in [0.25, 0.3) is 0 Å². The first-order chi connectivity index (χ1) is 10.2. The highest BCUT2D eigenvalue weighted by molar-refractivity contribution is 5.39. The molecule has 4 heteroatoms. The van der Waals surface area contributed by atoms with Crippen molar-refractivity contribution in [2.75, 3.05) is 7.11 Å². The molecule has 1 aliphatic rings. The zero-order valence-electron chi connectivity index (χ0n) is 11.9. The Morgan fingerprint density at radius 1 is 1.24 bits per heavy atom. The summed E-state index contributed by atoms with van der Waals surface area (Å²) >= 11 is 0. The van der Waals surface area contributed by atoms with Gasteiger partial charge in [0, 0.05) is 31.2 Å². The van der Waals surface area contributed by atoms with E-state index in [1.807, 2.05) is 24.3 Å². The fourth-order valence-electron chi connectivity index (χ4n) is 2.67. The summed E-state index contributed by atoms with van der Waals surface area (Å²) in [5, 5.41) is 0. The lowest BCUT2D eigenvalue weighted by Gasteiger charge is -2.30. The second-order valence-corrected chi connectivity index (χ2v) is 5.31. The molecule has 1 heterocycles. The molecule has 0 saturated carbocycles. The summed E-state index contributed by atoms with van der Waals surface area (Å²) < 4.78 is 24.4. The quantitative estimate of drug-likeness (QED) is 0.939. The van der Waals surface area contributed by atoms with E-state index in [1.54, 1.807) is 13.2 Å². The lowest BCUT2D eigenvalue weighted by atomic mass is 9.93. The molecule has 0 aromatic heterocycles. The Bertz CT molecular complexity index is 627. The third-order valence-electron chi connectivity index (χ3n) is 3.77. The summed E-state index contributed by atoms with van der Waals surface area (Å²) in [6, 6.07) is 12.4. The molecule has 2 aromatic carbocycles. The number of halogens is 1. The Kier molecular flexibility index (Phi) is 3.90. The van der Waals surface area contributed by atoms with Gasteiger partial charge in [-0.15, -0.1) is 0 Å². The lowest BCUT2D eigenvalue weighted by Crippen LogP contribution is -2.24. The summed E-state index contributed by atoms with van der Waals surface area (Å²) in [4.78, 5) is 0. The standard InChI is InChI=1S/C17H18FNO2/c1-20-10-11-2-4-12(5-3-11)16-9-15(19)14-7-6-13(18)8-17(14)21-16/h2-8,15-16H,9-10,19H2,1H3. The van der Waals surface area contributed by atoms with E-state index in [9.17, 15) is 4.39 Å². The van der Waals surface area contributed by atoms with Gasteiger partial charge in [0.15, 0.2) is 0 Å². The number of fused-ring (bicyclic) bond motifs is 1. The van der Waals surface area contributed by atoms with Crippen molar-refractivity contribution < 1.29 is 13.9 Å². The molecule has 0 amide bonds. The second-order valence-electron chi connectivity index (χ2n) is 5.31. The average molecular weight is 287 g/mol. The largest absolute Gasteiger partial charge is 0.485 e. The zero-order chi connectivity index (χ0) is 14.8. The van der Waals surface area contributed by atoms with E-state index in [0.717, 1.165) is 16.7 Å². The molecule has 3 nitrogen and oxygen atoms in total. The first kappa shape index (κ1) is 14.0. The molecule has 0 fully saturated rings. The van der Waals surface area contributed by atoms with Gasteiger partial charge in [0.2, 0.25) is 0 Å². The van der Waals surface area contributed by atoms with Gasteiger partial charge in [0.1, 0.15) is 17.7 Å². The summed E-state index contributed by atoms with van der Waals surface area (Å²) in [6.07, 6.45) is 0.535. The number of methoxy groups -OCH3 is 1. The van der Waals surface area contributed by atoms with Crippen molar-refractivity contribution in [3.63, 3.8) is 0 Å². The number of ether oxygens (including phenoxy) is 2. The Morgan fingerprint density at radius 3 is 2.71 bits per heavy atom. The van der Waals surface area contributed by atoms with Gasteiger partial charge in [-0.1, -0.05) is 30.3 Å². The third kappa shape index (κ3) is 2.91. The number of nitrogens with two attached hydrogens (primary N) is 1. The van der Waals surface area contributed by atoms with E-state index < -0.39 is 0 Å². The maximum Gasteiger partial charge on any atom is 0.127 e. The monoisotopic (exact) mass is 287 g/mol. The molecule has 2 aromatic rings. The van der Waals surface area contributed by atoms with Crippen molar-refractivity contribution in [2.45, 2.75) is 25.2 Å². The van der Waals surface area contributed by atoms with Crippen LogP contribution in [0.5, 0.6) is 5.75 Å². The van der Waals surface area contributed by atoms with Crippen molar-refractivity contribution in [2.24, 2.45) is 5.73 Å². The van der Waals surface area contributed by atoms with Crippen molar-refractivity contribution >= 4 is 0 Å². The Hall–Kier alpha value is -1.91. The topological polar surface area (TPSA) is 44.5 Å². The van der Waals surface area contributed by atoms with Gasteiger partial charge in [-0.3, -0.25) is 0 Å². The molecular formula is C17H18FNO2. The fraction of sp³-hybridized carbons (Fsp3) is 0.294. The highest BCUT2D eigenvalue weighted by Crippen LogP contribution is 2.39. The minimum atomic E-state index is -0.308. The van der Waals surface area contributed by atoms with E-state index in [1.165, 1.54) is 12.1 Å².